The zero-order chi connectivity index (χ0) is 27.5. The molecule has 3 saturated heterocycles. The van der Waals surface area contributed by atoms with Gasteiger partial charge < -0.3 is 24.4 Å². The Bertz CT molecular complexity index is 1060. The van der Waals surface area contributed by atoms with Crippen LogP contribution in [0.15, 0.2) is 55.6 Å². The number of hydrogen-bond acceptors (Lipinski definition) is 6. The number of aliphatic hydroxyl groups is 1. The lowest BCUT2D eigenvalue weighted by molar-refractivity contribution is -0.161. The molecule has 1 aromatic rings. The SMILES string of the molecule is C=CCOC(=O)[C@H]1[C@H]2C(=O)N([C@H](CO)c3ccccc3)C(C(=O)N(CC=C)CCCCC)C23CC[C@]1(C)O3. The Kier molecular flexibility index (Phi) is 8.43. The molecule has 1 spiro atoms. The summed E-state index contributed by atoms with van der Waals surface area (Å²) in [6.45, 7) is 11.9. The van der Waals surface area contributed by atoms with Crippen LogP contribution >= 0.6 is 0 Å². The number of hydrogen-bond donors (Lipinski definition) is 1. The second-order valence-electron chi connectivity index (χ2n) is 10.8. The van der Waals surface area contributed by atoms with Gasteiger partial charge in [0.25, 0.3) is 0 Å². The van der Waals surface area contributed by atoms with Crippen molar-refractivity contribution in [2.45, 2.75) is 69.2 Å². The fourth-order valence-corrected chi connectivity index (χ4v) is 6.77. The lowest BCUT2D eigenvalue weighted by atomic mass is 9.66. The molecule has 8 nitrogen and oxygen atoms in total. The molecular formula is C30H40N2O6. The van der Waals surface area contributed by atoms with Crippen molar-refractivity contribution in [3.8, 4) is 0 Å². The number of unbranched alkanes of at least 4 members (excludes halogenated alkanes) is 2. The average molecular weight is 525 g/mol. The minimum atomic E-state index is -1.19. The molecule has 206 valence electrons. The first-order valence-electron chi connectivity index (χ1n) is 13.6. The maximum atomic E-state index is 14.4. The summed E-state index contributed by atoms with van der Waals surface area (Å²) in [6, 6.07) is 7.44. The number of esters is 1. The molecule has 0 saturated carbocycles. The van der Waals surface area contributed by atoms with Crippen LogP contribution in [0.2, 0.25) is 0 Å². The van der Waals surface area contributed by atoms with Crippen molar-refractivity contribution in [1.82, 2.24) is 9.80 Å². The van der Waals surface area contributed by atoms with Gasteiger partial charge in [-0.1, -0.05) is 68.8 Å². The van der Waals surface area contributed by atoms with Gasteiger partial charge in [0.15, 0.2) is 0 Å². The van der Waals surface area contributed by atoms with Gasteiger partial charge in [-0.15, -0.1) is 6.58 Å². The fourth-order valence-electron chi connectivity index (χ4n) is 6.77. The van der Waals surface area contributed by atoms with Crippen LogP contribution in [0.3, 0.4) is 0 Å². The highest BCUT2D eigenvalue weighted by Crippen LogP contribution is 2.64. The van der Waals surface area contributed by atoms with Gasteiger partial charge >= 0.3 is 5.97 Å². The molecule has 4 rings (SSSR count). The van der Waals surface area contributed by atoms with Gasteiger partial charge in [0.1, 0.15) is 24.2 Å². The van der Waals surface area contributed by atoms with Crippen LogP contribution in [0.5, 0.6) is 0 Å². The highest BCUT2D eigenvalue weighted by atomic mass is 16.6. The molecular weight excluding hydrogens is 484 g/mol. The lowest BCUT2D eigenvalue weighted by Gasteiger charge is -2.39. The van der Waals surface area contributed by atoms with Crippen molar-refractivity contribution >= 4 is 17.8 Å². The molecule has 8 heteroatoms. The van der Waals surface area contributed by atoms with E-state index < -0.39 is 41.1 Å². The summed E-state index contributed by atoms with van der Waals surface area (Å²) in [5, 5.41) is 10.6. The number of likely N-dealkylation sites (tertiary alicyclic amines) is 1. The molecule has 1 N–H and O–H groups in total. The zero-order valence-electron chi connectivity index (χ0n) is 22.5. The van der Waals surface area contributed by atoms with Crippen LogP contribution in [-0.4, -0.2) is 76.2 Å². The molecule has 3 heterocycles. The number of amides is 2. The van der Waals surface area contributed by atoms with Crippen molar-refractivity contribution in [3.05, 3.63) is 61.2 Å². The van der Waals surface area contributed by atoms with Crippen LogP contribution in [0, 0.1) is 11.8 Å². The number of fused-ring (bicyclic) bond motifs is 1. The molecule has 0 radical (unpaired) electrons. The molecule has 1 aromatic carbocycles. The first-order valence-corrected chi connectivity index (χ1v) is 13.6. The Morgan fingerprint density at radius 3 is 2.61 bits per heavy atom. The number of benzene rings is 1. The van der Waals surface area contributed by atoms with Crippen LogP contribution < -0.4 is 0 Å². The largest absolute Gasteiger partial charge is 0.461 e. The second-order valence-corrected chi connectivity index (χ2v) is 10.8. The monoisotopic (exact) mass is 524 g/mol. The third-order valence-corrected chi connectivity index (χ3v) is 8.43. The van der Waals surface area contributed by atoms with Gasteiger partial charge in [-0.25, -0.2) is 0 Å². The molecule has 0 aromatic heterocycles. The van der Waals surface area contributed by atoms with Gasteiger partial charge in [-0.3, -0.25) is 14.4 Å². The average Bonchev–Trinajstić information content (AvgIpc) is 3.48. The highest BCUT2D eigenvalue weighted by molar-refractivity contribution is 5.98. The number of aliphatic hydroxyl groups excluding tert-OH is 1. The van der Waals surface area contributed by atoms with E-state index in [0.717, 1.165) is 19.3 Å². The standard InChI is InChI=1S/C30H40N2O6/c1-5-8-12-18-31(17-6-2)27(35)25-30-16-15-29(4,38-30)24(28(36)37-19-7-3)23(30)26(34)32(25)22(20-33)21-13-10-9-11-14-21/h6-7,9-11,13-14,22-25,33H,2-3,5,8,12,15-20H2,1,4H3/t22-,23+,24-,25?,29+,30?/m1/s1. The Hall–Kier alpha value is -2.97. The molecule has 2 amide bonds. The predicted molar refractivity (Wildman–Crippen MR) is 143 cm³/mol. The lowest BCUT2D eigenvalue weighted by Crippen LogP contribution is -2.57. The van der Waals surface area contributed by atoms with Crippen molar-refractivity contribution in [1.29, 1.82) is 0 Å². The summed E-state index contributed by atoms with van der Waals surface area (Å²) in [7, 11) is 0. The van der Waals surface area contributed by atoms with E-state index in [0.29, 0.717) is 31.5 Å². The number of carbonyl (C=O) groups excluding carboxylic acids is 3. The maximum Gasteiger partial charge on any atom is 0.313 e. The number of rotatable bonds is 13. The van der Waals surface area contributed by atoms with Crippen LogP contribution in [0.4, 0.5) is 0 Å². The van der Waals surface area contributed by atoms with Crippen LogP contribution in [-0.2, 0) is 23.9 Å². The van der Waals surface area contributed by atoms with E-state index in [2.05, 4.69) is 20.1 Å². The van der Waals surface area contributed by atoms with E-state index in [1.54, 1.807) is 11.0 Å². The molecule has 0 aliphatic carbocycles. The molecule has 2 bridgehead atoms. The van der Waals surface area contributed by atoms with E-state index in [9.17, 15) is 19.5 Å². The second kappa shape index (κ2) is 11.4. The predicted octanol–water partition coefficient (Wildman–Crippen LogP) is 3.42. The van der Waals surface area contributed by atoms with Crippen LogP contribution in [0.1, 0.15) is 57.6 Å². The molecule has 3 fully saturated rings. The zero-order valence-corrected chi connectivity index (χ0v) is 22.5. The summed E-state index contributed by atoms with van der Waals surface area (Å²) < 4.78 is 12.1. The number of ether oxygens (including phenoxy) is 2. The molecule has 3 aliphatic rings. The Morgan fingerprint density at radius 1 is 1.24 bits per heavy atom. The quantitative estimate of drug-likeness (QED) is 0.241. The van der Waals surface area contributed by atoms with Crippen molar-refractivity contribution < 1.29 is 29.0 Å². The van der Waals surface area contributed by atoms with Gasteiger partial charge in [0, 0.05) is 13.1 Å². The molecule has 3 aliphatic heterocycles. The Morgan fingerprint density at radius 2 is 1.97 bits per heavy atom. The van der Waals surface area contributed by atoms with Gasteiger partial charge in [-0.05, 0) is 31.7 Å². The van der Waals surface area contributed by atoms with E-state index in [1.165, 1.54) is 11.0 Å². The summed E-state index contributed by atoms with van der Waals surface area (Å²) in [6.07, 6.45) is 6.95. The third-order valence-electron chi connectivity index (χ3n) is 8.43. The minimum Gasteiger partial charge on any atom is -0.461 e. The van der Waals surface area contributed by atoms with Crippen molar-refractivity contribution in [2.24, 2.45) is 11.8 Å². The summed E-state index contributed by atoms with van der Waals surface area (Å²) in [5.41, 5.74) is -1.39. The van der Waals surface area contributed by atoms with Gasteiger partial charge in [-0.2, -0.15) is 0 Å². The van der Waals surface area contributed by atoms with Crippen molar-refractivity contribution in [2.75, 3.05) is 26.3 Å². The fraction of sp³-hybridized carbons (Fsp3) is 0.567. The van der Waals surface area contributed by atoms with E-state index >= 15 is 0 Å². The number of nitrogens with zero attached hydrogens (tertiary/aromatic N) is 2. The van der Waals surface area contributed by atoms with Crippen LogP contribution in [0.25, 0.3) is 0 Å². The topological polar surface area (TPSA) is 96.4 Å². The van der Waals surface area contributed by atoms with Gasteiger partial charge in [0.05, 0.1) is 24.2 Å². The highest BCUT2D eigenvalue weighted by Gasteiger charge is 2.79. The first kappa shape index (κ1) is 28.0. The van der Waals surface area contributed by atoms with E-state index in [1.807, 2.05) is 37.3 Å². The Balaban J connectivity index is 1.81. The molecule has 2 unspecified atom stereocenters. The third kappa shape index (κ3) is 4.58. The maximum absolute atomic E-state index is 14.4. The minimum absolute atomic E-state index is 0.0270. The normalized spacial score (nSPS) is 30.1. The van der Waals surface area contributed by atoms with E-state index in [4.69, 9.17) is 9.47 Å². The Labute approximate surface area is 225 Å². The van der Waals surface area contributed by atoms with Crippen molar-refractivity contribution in [3.63, 3.8) is 0 Å². The summed E-state index contributed by atoms with van der Waals surface area (Å²) in [5.74, 6) is -2.86. The summed E-state index contributed by atoms with van der Waals surface area (Å²) in [4.78, 5) is 45.3. The van der Waals surface area contributed by atoms with Gasteiger partial charge in [0.2, 0.25) is 11.8 Å². The summed E-state index contributed by atoms with van der Waals surface area (Å²) >= 11 is 0. The number of carbonyl (C=O) groups is 3. The molecule has 38 heavy (non-hydrogen) atoms. The smallest absolute Gasteiger partial charge is 0.313 e. The first-order chi connectivity index (χ1) is 18.3. The van der Waals surface area contributed by atoms with E-state index in [-0.39, 0.29) is 25.0 Å². The molecule has 6 atom stereocenters.